The second kappa shape index (κ2) is 11.6. The Hall–Kier alpha value is -3.74. The fourth-order valence-corrected chi connectivity index (χ4v) is 4.33. The zero-order chi connectivity index (χ0) is 24.5. The number of hydrogen-bond donors (Lipinski definition) is 1. The summed E-state index contributed by atoms with van der Waals surface area (Å²) in [7, 11) is 0. The molecule has 176 valence electrons. The van der Waals surface area contributed by atoms with Crippen LogP contribution in [0.2, 0.25) is 0 Å². The number of ether oxygens (including phenoxy) is 1. The molecular weight excluding hydrogens is 504 g/mol. The van der Waals surface area contributed by atoms with E-state index in [-0.39, 0.29) is 0 Å². The van der Waals surface area contributed by atoms with Gasteiger partial charge in [-0.15, -0.1) is 0 Å². The molecule has 1 aromatic heterocycles. The lowest BCUT2D eigenvalue weighted by Gasteiger charge is -2.35. The number of aromatic amines is 1. The quantitative estimate of drug-likeness (QED) is 0.231. The maximum Gasteiger partial charge on any atom is 0.328 e. The minimum absolute atomic E-state index is 0.303. The third-order valence-electron chi connectivity index (χ3n) is 5.69. The van der Waals surface area contributed by atoms with Crippen LogP contribution in [0.15, 0.2) is 124 Å². The van der Waals surface area contributed by atoms with E-state index < -0.39 is 16.9 Å². The van der Waals surface area contributed by atoms with E-state index in [9.17, 15) is 9.59 Å². The van der Waals surface area contributed by atoms with Gasteiger partial charge in [0.1, 0.15) is 5.60 Å². The van der Waals surface area contributed by atoms with Gasteiger partial charge in [0, 0.05) is 12.7 Å². The molecule has 0 aliphatic heterocycles. The topological polar surface area (TPSA) is 64.1 Å². The van der Waals surface area contributed by atoms with Crippen molar-refractivity contribution in [1.82, 2.24) is 9.55 Å². The minimum Gasteiger partial charge on any atom is -0.357 e. The Bertz CT molecular complexity index is 1310. The van der Waals surface area contributed by atoms with E-state index in [0.29, 0.717) is 18.7 Å². The first-order valence-corrected chi connectivity index (χ1v) is 12.1. The first-order chi connectivity index (χ1) is 17.1. The Morgan fingerprint density at radius 3 is 1.80 bits per heavy atom. The number of halogens is 1. The molecule has 4 aromatic rings. The summed E-state index contributed by atoms with van der Waals surface area (Å²) in [5.41, 5.74) is 1.77. The van der Waals surface area contributed by atoms with E-state index >= 15 is 0 Å². The first-order valence-electron chi connectivity index (χ1n) is 11.2. The van der Waals surface area contributed by atoms with Crippen LogP contribution in [0, 0.1) is 0 Å². The highest BCUT2D eigenvalue weighted by molar-refractivity contribution is 9.11. The van der Waals surface area contributed by atoms with Gasteiger partial charge in [-0.2, -0.15) is 0 Å². The number of hydrogen-bond acceptors (Lipinski definition) is 3. The third-order valence-corrected chi connectivity index (χ3v) is 5.95. The van der Waals surface area contributed by atoms with Gasteiger partial charge in [0.2, 0.25) is 0 Å². The van der Waals surface area contributed by atoms with E-state index in [0.717, 1.165) is 16.7 Å². The van der Waals surface area contributed by atoms with Gasteiger partial charge < -0.3 is 4.74 Å². The van der Waals surface area contributed by atoms with Crippen molar-refractivity contribution in [1.29, 1.82) is 0 Å². The molecule has 0 aliphatic carbocycles. The molecule has 0 saturated carbocycles. The Kier molecular flexibility index (Phi) is 8.08. The normalized spacial score (nSPS) is 11.9. The lowest BCUT2D eigenvalue weighted by atomic mass is 9.80. The smallest absolute Gasteiger partial charge is 0.328 e. The molecule has 0 atom stereocenters. The summed E-state index contributed by atoms with van der Waals surface area (Å²) in [6, 6.07) is 30.5. The Balaban J connectivity index is 1.64. The molecule has 0 radical (unpaired) electrons. The second-order valence-corrected chi connectivity index (χ2v) is 8.38. The molecule has 35 heavy (non-hydrogen) atoms. The summed E-state index contributed by atoms with van der Waals surface area (Å²) in [4.78, 5) is 28.0. The standard InChI is InChI=1S/C29H25BrN2O3/c30-19-18-23-22-32(28(34)31-27(23)33)20-10-11-21-35-29(24-12-4-1-5-13-24,25-14-6-2-7-15-25)26-16-8-3-9-17-26/h1-19,22H,20-21H2,(H,31,33,34)/b11-10-,19-18+. The molecule has 5 nitrogen and oxygen atoms in total. The number of allylic oxidation sites excluding steroid dienone is 1. The summed E-state index contributed by atoms with van der Waals surface area (Å²) < 4.78 is 8.13. The number of nitrogens with one attached hydrogen (secondary N) is 1. The lowest BCUT2D eigenvalue weighted by molar-refractivity contribution is 0.0318. The number of rotatable bonds is 9. The van der Waals surface area contributed by atoms with Crippen molar-refractivity contribution in [3.05, 3.63) is 157 Å². The van der Waals surface area contributed by atoms with Gasteiger partial charge in [-0.3, -0.25) is 14.3 Å². The van der Waals surface area contributed by atoms with Crippen LogP contribution in [0.3, 0.4) is 0 Å². The average molecular weight is 529 g/mol. The Morgan fingerprint density at radius 2 is 1.31 bits per heavy atom. The lowest BCUT2D eigenvalue weighted by Crippen LogP contribution is -2.33. The van der Waals surface area contributed by atoms with Gasteiger partial charge in [0.15, 0.2) is 0 Å². The number of nitrogens with zero attached hydrogens (tertiary/aromatic N) is 1. The molecule has 0 bridgehead atoms. The van der Waals surface area contributed by atoms with Crippen LogP contribution in [0.25, 0.3) is 6.08 Å². The highest BCUT2D eigenvalue weighted by atomic mass is 79.9. The maximum atomic E-state index is 12.2. The first kappa shape index (κ1) is 24.4. The summed E-state index contributed by atoms with van der Waals surface area (Å²) in [6.45, 7) is 0.613. The van der Waals surface area contributed by atoms with Crippen LogP contribution < -0.4 is 11.2 Å². The van der Waals surface area contributed by atoms with E-state index in [1.54, 1.807) is 11.1 Å². The predicted octanol–water partition coefficient (Wildman–Crippen LogP) is 5.47. The van der Waals surface area contributed by atoms with Crippen molar-refractivity contribution >= 4 is 22.0 Å². The fraction of sp³-hybridized carbons (Fsp3) is 0.103. The van der Waals surface area contributed by atoms with Crippen molar-refractivity contribution in [2.75, 3.05) is 6.61 Å². The highest BCUT2D eigenvalue weighted by Gasteiger charge is 2.37. The van der Waals surface area contributed by atoms with E-state index in [4.69, 9.17) is 4.74 Å². The Labute approximate surface area is 212 Å². The third kappa shape index (κ3) is 5.50. The molecule has 0 saturated heterocycles. The number of H-pyrrole nitrogens is 1. The van der Waals surface area contributed by atoms with E-state index in [1.807, 2.05) is 66.7 Å². The van der Waals surface area contributed by atoms with E-state index in [1.165, 1.54) is 10.8 Å². The van der Waals surface area contributed by atoms with Gasteiger partial charge in [-0.25, -0.2) is 4.79 Å². The monoisotopic (exact) mass is 528 g/mol. The molecule has 3 aromatic carbocycles. The zero-order valence-electron chi connectivity index (χ0n) is 19.0. The summed E-state index contributed by atoms with van der Waals surface area (Å²) in [5, 5.41) is 0. The van der Waals surface area contributed by atoms with Crippen molar-refractivity contribution in [3.8, 4) is 0 Å². The largest absolute Gasteiger partial charge is 0.357 e. The van der Waals surface area contributed by atoms with Crippen LogP contribution in [0.5, 0.6) is 0 Å². The van der Waals surface area contributed by atoms with Gasteiger partial charge in [-0.05, 0) is 27.8 Å². The van der Waals surface area contributed by atoms with Crippen LogP contribution in [0.1, 0.15) is 22.3 Å². The molecule has 0 unspecified atom stereocenters. The number of benzene rings is 3. The molecular formula is C29H25BrN2O3. The molecule has 0 aliphatic rings. The predicted molar refractivity (Wildman–Crippen MR) is 144 cm³/mol. The minimum atomic E-state index is -0.809. The Morgan fingerprint density at radius 1 is 0.800 bits per heavy atom. The van der Waals surface area contributed by atoms with Gasteiger partial charge >= 0.3 is 5.69 Å². The number of aromatic nitrogens is 2. The van der Waals surface area contributed by atoms with Crippen molar-refractivity contribution < 1.29 is 4.74 Å². The molecule has 0 spiro atoms. The SMILES string of the molecule is O=c1[nH]c(=O)n(C/C=C\COC(c2ccccc2)(c2ccccc2)c2ccccc2)cc1/C=C/Br. The molecule has 1 heterocycles. The fourth-order valence-electron chi connectivity index (χ4n) is 4.05. The summed E-state index contributed by atoms with van der Waals surface area (Å²) >= 11 is 3.16. The molecule has 4 rings (SSSR count). The van der Waals surface area contributed by atoms with Crippen LogP contribution in [-0.2, 0) is 16.9 Å². The summed E-state index contributed by atoms with van der Waals surface area (Å²) in [5.74, 6) is 0. The van der Waals surface area contributed by atoms with Crippen LogP contribution >= 0.6 is 15.9 Å². The van der Waals surface area contributed by atoms with Crippen LogP contribution in [0.4, 0.5) is 0 Å². The summed E-state index contributed by atoms with van der Waals surface area (Å²) in [6.07, 6.45) is 6.87. The van der Waals surface area contributed by atoms with Gasteiger partial charge in [0.25, 0.3) is 5.56 Å². The van der Waals surface area contributed by atoms with Crippen molar-refractivity contribution in [2.24, 2.45) is 0 Å². The zero-order valence-corrected chi connectivity index (χ0v) is 20.6. The molecule has 0 fully saturated rings. The van der Waals surface area contributed by atoms with Crippen LogP contribution in [-0.4, -0.2) is 16.2 Å². The van der Waals surface area contributed by atoms with Gasteiger partial charge in [-0.1, -0.05) is 119 Å². The molecule has 0 amide bonds. The molecule has 6 heteroatoms. The highest BCUT2D eigenvalue weighted by Crippen LogP contribution is 2.40. The van der Waals surface area contributed by atoms with Gasteiger partial charge in [0.05, 0.1) is 12.2 Å². The second-order valence-electron chi connectivity index (χ2n) is 7.85. The molecule has 1 N–H and O–H groups in total. The van der Waals surface area contributed by atoms with E-state index in [2.05, 4.69) is 57.3 Å². The van der Waals surface area contributed by atoms with Crippen molar-refractivity contribution in [3.63, 3.8) is 0 Å². The van der Waals surface area contributed by atoms with Crippen molar-refractivity contribution in [2.45, 2.75) is 12.1 Å². The maximum absolute atomic E-state index is 12.2. The average Bonchev–Trinajstić information content (AvgIpc) is 2.90.